The fourth-order valence-corrected chi connectivity index (χ4v) is 3.07. The molecule has 1 N–H and O–H groups in total. The Bertz CT molecular complexity index is 924. The molecule has 24 heavy (non-hydrogen) atoms. The lowest BCUT2D eigenvalue weighted by atomic mass is 9.87. The van der Waals surface area contributed by atoms with Crippen LogP contribution in [0.3, 0.4) is 0 Å². The number of H-pyrrole nitrogens is 1. The molecule has 0 spiro atoms. The van der Waals surface area contributed by atoms with Crippen LogP contribution in [0.15, 0.2) is 48.0 Å². The van der Waals surface area contributed by atoms with Gasteiger partial charge in [0.1, 0.15) is 5.52 Å². The number of nitrogens with one attached hydrogen (secondary N) is 1. The molecule has 1 aliphatic carbocycles. The van der Waals surface area contributed by atoms with Gasteiger partial charge in [-0.1, -0.05) is 39.0 Å². The molecule has 0 fully saturated rings. The van der Waals surface area contributed by atoms with E-state index < -0.39 is 5.41 Å². The van der Waals surface area contributed by atoms with Crippen LogP contribution in [0, 0.1) is 5.41 Å². The van der Waals surface area contributed by atoms with Crippen molar-refractivity contribution >= 4 is 22.8 Å². The summed E-state index contributed by atoms with van der Waals surface area (Å²) in [6.07, 6.45) is 13.0. The number of Topliss-reactive ketones (excluding diaryl/α,β-unsaturated/α-hetero) is 1. The summed E-state index contributed by atoms with van der Waals surface area (Å²) in [6.45, 7) is 6.55. The molecule has 0 unspecified atom stereocenters. The number of ketones is 1. The summed E-state index contributed by atoms with van der Waals surface area (Å²) in [7, 11) is 0. The molecule has 4 rings (SSSR count). The van der Waals surface area contributed by atoms with Crippen LogP contribution in [-0.2, 0) is 0 Å². The summed E-state index contributed by atoms with van der Waals surface area (Å²) in [5.41, 5.74) is 4.09. The highest BCUT2D eigenvalue weighted by molar-refractivity contribution is 6.08. The number of carbonyl (C=O) groups excluding carboxylic acids is 1. The van der Waals surface area contributed by atoms with Gasteiger partial charge in [0.2, 0.25) is 0 Å². The molecule has 122 valence electrons. The van der Waals surface area contributed by atoms with Crippen LogP contribution >= 0.6 is 0 Å². The van der Waals surface area contributed by atoms with Crippen LogP contribution in [0.4, 0.5) is 5.82 Å². The maximum Gasteiger partial charge on any atom is 0.171 e. The van der Waals surface area contributed by atoms with Crippen molar-refractivity contribution in [3.63, 3.8) is 0 Å². The number of hydrogen-bond donors (Lipinski definition) is 1. The zero-order valence-electron chi connectivity index (χ0n) is 14.1. The van der Waals surface area contributed by atoms with E-state index in [2.05, 4.69) is 39.3 Å². The normalized spacial score (nSPS) is 17.0. The first-order valence-electron chi connectivity index (χ1n) is 8.16. The van der Waals surface area contributed by atoms with Gasteiger partial charge in [-0.2, -0.15) is 0 Å². The predicted octanol–water partition coefficient (Wildman–Crippen LogP) is 3.78. The van der Waals surface area contributed by atoms with Crippen LogP contribution in [0.1, 0.15) is 37.6 Å². The Morgan fingerprint density at radius 2 is 2.12 bits per heavy atom. The summed E-state index contributed by atoms with van der Waals surface area (Å²) in [5, 5.41) is 0. The van der Waals surface area contributed by atoms with Crippen molar-refractivity contribution in [3.8, 4) is 0 Å². The number of hydrogen-bond acceptors (Lipinski definition) is 4. The molecule has 0 atom stereocenters. The lowest BCUT2D eigenvalue weighted by Gasteiger charge is -2.16. The molecule has 3 heterocycles. The fourth-order valence-electron chi connectivity index (χ4n) is 3.07. The zero-order valence-corrected chi connectivity index (χ0v) is 14.1. The summed E-state index contributed by atoms with van der Waals surface area (Å²) in [6, 6.07) is 0. The van der Waals surface area contributed by atoms with Crippen LogP contribution in [-0.4, -0.2) is 27.3 Å². The van der Waals surface area contributed by atoms with Crippen molar-refractivity contribution in [2.45, 2.75) is 27.2 Å². The molecule has 5 nitrogen and oxygen atoms in total. The average molecular weight is 320 g/mol. The van der Waals surface area contributed by atoms with Gasteiger partial charge in [-0.05, 0) is 17.6 Å². The number of anilines is 1. The third-order valence-electron chi connectivity index (χ3n) is 4.42. The zero-order chi connectivity index (χ0) is 16.9. The number of nitrogens with zero attached hydrogens (tertiary/aromatic N) is 3. The number of fused-ring (bicyclic) bond motifs is 2. The van der Waals surface area contributed by atoms with Crippen LogP contribution in [0.2, 0.25) is 0 Å². The summed E-state index contributed by atoms with van der Waals surface area (Å²) in [4.78, 5) is 27.0. The molecule has 0 saturated carbocycles. The van der Waals surface area contributed by atoms with Crippen molar-refractivity contribution < 1.29 is 4.79 Å². The molecule has 5 heteroatoms. The maximum atomic E-state index is 12.6. The Labute approximate surface area is 140 Å². The molecule has 2 aliphatic rings. The molecule has 1 aliphatic heterocycles. The first-order valence-corrected chi connectivity index (χ1v) is 8.16. The van der Waals surface area contributed by atoms with Crippen molar-refractivity contribution in [2.75, 3.05) is 11.4 Å². The Hall–Kier alpha value is -2.69. The van der Waals surface area contributed by atoms with E-state index in [1.54, 1.807) is 12.4 Å². The molecule has 0 saturated heterocycles. The topological polar surface area (TPSA) is 61.9 Å². The molecule has 2 aromatic rings. The largest absolute Gasteiger partial charge is 0.344 e. The second-order valence-corrected chi connectivity index (χ2v) is 7.31. The lowest BCUT2D eigenvalue weighted by molar-refractivity contribution is 0.0860. The van der Waals surface area contributed by atoms with Gasteiger partial charge >= 0.3 is 0 Å². The highest BCUT2D eigenvalue weighted by Crippen LogP contribution is 2.31. The summed E-state index contributed by atoms with van der Waals surface area (Å²) < 4.78 is 0. The van der Waals surface area contributed by atoms with Crippen molar-refractivity contribution in [3.05, 3.63) is 53.5 Å². The van der Waals surface area contributed by atoms with Gasteiger partial charge in [0.15, 0.2) is 17.2 Å². The van der Waals surface area contributed by atoms with Crippen molar-refractivity contribution in [2.24, 2.45) is 5.41 Å². The number of rotatable bonds is 2. The van der Waals surface area contributed by atoms with E-state index in [0.29, 0.717) is 16.7 Å². The van der Waals surface area contributed by atoms with Gasteiger partial charge in [0.25, 0.3) is 0 Å². The molecule has 0 radical (unpaired) electrons. The van der Waals surface area contributed by atoms with Gasteiger partial charge in [-0.25, -0.2) is 9.97 Å². The minimum absolute atomic E-state index is 0.0700. The third-order valence-corrected chi connectivity index (χ3v) is 4.42. The number of aromatic nitrogens is 3. The molecular weight excluding hydrogens is 300 g/mol. The van der Waals surface area contributed by atoms with E-state index in [0.717, 1.165) is 18.8 Å². The molecule has 0 amide bonds. The maximum absolute atomic E-state index is 12.6. The lowest BCUT2D eigenvalue weighted by Crippen LogP contribution is -2.20. The van der Waals surface area contributed by atoms with E-state index in [-0.39, 0.29) is 5.78 Å². The number of allylic oxidation sites excluding steroid dienone is 3. The number of aromatic amines is 1. The summed E-state index contributed by atoms with van der Waals surface area (Å²) >= 11 is 0. The van der Waals surface area contributed by atoms with Gasteiger partial charge < -0.3 is 9.88 Å². The fraction of sp³-hybridized carbons (Fsp3) is 0.316. The Balaban J connectivity index is 1.74. The van der Waals surface area contributed by atoms with Gasteiger partial charge in [-0.3, -0.25) is 4.79 Å². The third kappa shape index (κ3) is 2.37. The van der Waals surface area contributed by atoms with Gasteiger partial charge in [0.05, 0.1) is 11.8 Å². The van der Waals surface area contributed by atoms with Crippen LogP contribution in [0.25, 0.3) is 11.2 Å². The Kier molecular flexibility index (Phi) is 3.20. The Morgan fingerprint density at radius 3 is 2.88 bits per heavy atom. The first-order chi connectivity index (χ1) is 11.4. The molecule has 0 aromatic carbocycles. The minimum atomic E-state index is -0.451. The molecule has 0 bridgehead atoms. The van der Waals surface area contributed by atoms with Crippen LogP contribution in [0.5, 0.6) is 0 Å². The minimum Gasteiger partial charge on any atom is -0.344 e. The molecule has 2 aromatic heterocycles. The quantitative estimate of drug-likeness (QED) is 0.856. The second kappa shape index (κ2) is 5.16. The monoisotopic (exact) mass is 320 g/mol. The summed E-state index contributed by atoms with van der Waals surface area (Å²) in [5.74, 6) is 0.841. The van der Waals surface area contributed by atoms with E-state index in [1.807, 2.05) is 20.8 Å². The van der Waals surface area contributed by atoms with Crippen molar-refractivity contribution in [1.82, 2.24) is 15.0 Å². The average Bonchev–Trinajstić information content (AvgIpc) is 3.16. The SMILES string of the molecule is CC(C)(C)C(=O)c1c[nH]c2ncc(N3C=C4CC=CC=C4C3)nc12. The predicted molar refractivity (Wildman–Crippen MR) is 94.9 cm³/mol. The van der Waals surface area contributed by atoms with E-state index in [4.69, 9.17) is 4.98 Å². The highest BCUT2D eigenvalue weighted by Gasteiger charge is 2.27. The van der Waals surface area contributed by atoms with E-state index >= 15 is 0 Å². The van der Waals surface area contributed by atoms with E-state index in [1.165, 1.54) is 11.1 Å². The standard InChI is InChI=1S/C19H20N4O/c1-19(2,3)17(24)14-8-20-18-16(14)22-15(9-21-18)23-10-12-6-4-5-7-13(12)11-23/h4-6,8-9,11H,7,10H2,1-3H3,(H,20,21). The first kappa shape index (κ1) is 14.9. The number of carbonyl (C=O) groups is 1. The molecular formula is C19H20N4O. The van der Waals surface area contributed by atoms with Gasteiger partial charge in [-0.15, -0.1) is 0 Å². The highest BCUT2D eigenvalue weighted by atomic mass is 16.1. The van der Waals surface area contributed by atoms with E-state index in [9.17, 15) is 4.79 Å². The smallest absolute Gasteiger partial charge is 0.171 e. The van der Waals surface area contributed by atoms with Gasteiger partial charge in [0, 0.05) is 24.4 Å². The second-order valence-electron chi connectivity index (χ2n) is 7.31. The van der Waals surface area contributed by atoms with Crippen molar-refractivity contribution in [1.29, 1.82) is 0 Å². The Morgan fingerprint density at radius 1 is 1.29 bits per heavy atom. The van der Waals surface area contributed by atoms with Crippen LogP contribution < -0.4 is 4.90 Å².